The number of ketones is 1. The van der Waals surface area contributed by atoms with Crippen LogP contribution in [-0.2, 0) is 14.4 Å². The largest absolute Gasteiger partial charge is 0.481 e. The quantitative estimate of drug-likeness (QED) is 0.551. The summed E-state index contributed by atoms with van der Waals surface area (Å²) >= 11 is 0. The molecule has 0 aromatic heterocycles. The highest BCUT2D eigenvalue weighted by Crippen LogP contribution is 2.09. The first-order valence-electron chi connectivity index (χ1n) is 5.36. The Morgan fingerprint density at radius 3 is 1.76 bits per heavy atom. The molecule has 1 unspecified atom stereocenters. The van der Waals surface area contributed by atoms with Gasteiger partial charge in [0.15, 0.2) is 0 Å². The Kier molecular flexibility index (Phi) is 9.98. The Morgan fingerprint density at radius 2 is 1.59 bits per heavy atom. The molecule has 98 valence electrons. The predicted octanol–water partition coefficient (Wildman–Crippen LogP) is 2.11. The van der Waals surface area contributed by atoms with Crippen LogP contribution in [0.3, 0.4) is 0 Å². The molecule has 0 aliphatic carbocycles. The first-order valence-corrected chi connectivity index (χ1v) is 5.36. The zero-order valence-corrected chi connectivity index (χ0v) is 10.5. The summed E-state index contributed by atoms with van der Waals surface area (Å²) in [5.74, 6) is -2.96. The lowest BCUT2D eigenvalue weighted by Crippen LogP contribution is -2.21. The van der Waals surface area contributed by atoms with Gasteiger partial charge in [-0.1, -0.05) is 26.3 Å². The number of Topliss-reactive ketones (excluding diaryl/α,β-unsaturated/α-hetero) is 1. The summed E-state index contributed by atoms with van der Waals surface area (Å²) in [6.45, 7) is 7.90. The molecule has 0 aromatic carbocycles. The lowest BCUT2D eigenvalue weighted by molar-refractivity contribution is -0.146. The molecule has 0 spiro atoms. The maximum Gasteiger partial charge on any atom is 0.330 e. The second-order valence-electron chi connectivity index (χ2n) is 3.73. The number of aliphatic carboxylic acids is 2. The molecular weight excluding hydrogens is 224 g/mol. The minimum atomic E-state index is -0.994. The highest BCUT2D eigenvalue weighted by molar-refractivity contribution is 5.96. The average Bonchev–Trinajstić information content (AvgIpc) is 2.17. The number of carboxylic acid groups (broad SMARTS) is 2. The van der Waals surface area contributed by atoms with E-state index in [2.05, 4.69) is 6.58 Å². The molecule has 0 fully saturated rings. The maximum absolute atomic E-state index is 10.7. The lowest BCUT2D eigenvalue weighted by Gasteiger charge is -2.05. The van der Waals surface area contributed by atoms with Gasteiger partial charge in [0.2, 0.25) is 0 Å². The van der Waals surface area contributed by atoms with Crippen LogP contribution in [0.2, 0.25) is 0 Å². The second kappa shape index (κ2) is 9.57. The van der Waals surface area contributed by atoms with Crippen molar-refractivity contribution >= 4 is 17.7 Å². The van der Waals surface area contributed by atoms with Gasteiger partial charge in [-0.25, -0.2) is 4.79 Å². The fraction of sp³-hybridized carbons (Fsp3) is 0.583. The smallest absolute Gasteiger partial charge is 0.330 e. The van der Waals surface area contributed by atoms with Crippen LogP contribution in [0.1, 0.15) is 40.0 Å². The maximum atomic E-state index is 10.7. The van der Waals surface area contributed by atoms with E-state index in [1.54, 1.807) is 0 Å². The Hall–Kier alpha value is -1.65. The molecular formula is C12H20O5. The van der Waals surface area contributed by atoms with E-state index < -0.39 is 17.9 Å². The molecule has 0 aromatic rings. The summed E-state index contributed by atoms with van der Waals surface area (Å²) in [6.07, 6.45) is 2.20. The fourth-order valence-electron chi connectivity index (χ4n) is 0.909. The van der Waals surface area contributed by atoms with Gasteiger partial charge < -0.3 is 10.2 Å². The number of carboxylic acids is 2. The van der Waals surface area contributed by atoms with E-state index in [4.69, 9.17) is 10.2 Å². The Balaban J connectivity index is 0. The number of carbonyl (C=O) groups excluding carboxylic acids is 1. The number of hydrogen-bond donors (Lipinski definition) is 2. The third-order valence-electron chi connectivity index (χ3n) is 2.00. The summed E-state index contributed by atoms with van der Waals surface area (Å²) < 4.78 is 0. The third kappa shape index (κ3) is 10.6. The summed E-state index contributed by atoms with van der Waals surface area (Å²) in [5.41, 5.74) is 0.176. The number of rotatable bonds is 6. The van der Waals surface area contributed by atoms with Crippen molar-refractivity contribution in [1.82, 2.24) is 0 Å². The Labute approximate surface area is 101 Å². The topological polar surface area (TPSA) is 91.7 Å². The molecule has 5 heteroatoms. The molecule has 0 radical (unpaired) electrons. The van der Waals surface area contributed by atoms with E-state index in [1.807, 2.05) is 6.92 Å². The molecule has 0 bridgehead atoms. The summed E-state index contributed by atoms with van der Waals surface area (Å²) in [7, 11) is 0. The molecule has 0 saturated heterocycles. The van der Waals surface area contributed by atoms with Crippen molar-refractivity contribution in [2.75, 3.05) is 0 Å². The van der Waals surface area contributed by atoms with Gasteiger partial charge in [0.25, 0.3) is 0 Å². The van der Waals surface area contributed by atoms with E-state index in [0.717, 1.165) is 12.8 Å². The minimum Gasteiger partial charge on any atom is -0.481 e. The molecule has 17 heavy (non-hydrogen) atoms. The monoisotopic (exact) mass is 244 g/mol. The molecule has 0 saturated carbocycles. The first-order chi connectivity index (χ1) is 7.73. The Bertz CT molecular complexity index is 267. The van der Waals surface area contributed by atoms with Crippen LogP contribution < -0.4 is 0 Å². The van der Waals surface area contributed by atoms with Gasteiger partial charge in [-0.2, -0.15) is 0 Å². The van der Waals surface area contributed by atoms with Crippen LogP contribution in [0.25, 0.3) is 0 Å². The van der Waals surface area contributed by atoms with Gasteiger partial charge in [-0.3, -0.25) is 9.59 Å². The molecule has 0 rings (SSSR count). The van der Waals surface area contributed by atoms with E-state index >= 15 is 0 Å². The standard InChI is InChI=1S/C8H14O3.C4H6O2/c1-3-4-5-7(6(2)9)8(10)11;1-3(2)4(5)6/h7H,3-5H2,1-2H3,(H,10,11);1H2,2H3,(H,5,6). The fourth-order valence-corrected chi connectivity index (χ4v) is 0.909. The predicted molar refractivity (Wildman–Crippen MR) is 63.8 cm³/mol. The van der Waals surface area contributed by atoms with Gasteiger partial charge in [-0.15, -0.1) is 0 Å². The van der Waals surface area contributed by atoms with Gasteiger partial charge in [-0.05, 0) is 20.3 Å². The zero-order valence-electron chi connectivity index (χ0n) is 10.5. The molecule has 0 aliphatic rings. The summed E-state index contributed by atoms with van der Waals surface area (Å²) in [5, 5.41) is 16.4. The first kappa shape index (κ1) is 17.7. The Morgan fingerprint density at radius 1 is 1.18 bits per heavy atom. The molecule has 5 nitrogen and oxygen atoms in total. The van der Waals surface area contributed by atoms with Crippen LogP contribution in [0, 0.1) is 5.92 Å². The molecule has 0 amide bonds. The second-order valence-corrected chi connectivity index (χ2v) is 3.73. The van der Waals surface area contributed by atoms with Crippen molar-refractivity contribution in [2.45, 2.75) is 40.0 Å². The highest BCUT2D eigenvalue weighted by Gasteiger charge is 2.20. The van der Waals surface area contributed by atoms with Gasteiger partial charge in [0.05, 0.1) is 0 Å². The van der Waals surface area contributed by atoms with Crippen molar-refractivity contribution in [3.63, 3.8) is 0 Å². The number of hydrogen-bond acceptors (Lipinski definition) is 3. The van der Waals surface area contributed by atoms with E-state index in [1.165, 1.54) is 13.8 Å². The van der Waals surface area contributed by atoms with Crippen molar-refractivity contribution in [3.05, 3.63) is 12.2 Å². The van der Waals surface area contributed by atoms with Gasteiger partial charge in [0, 0.05) is 5.57 Å². The lowest BCUT2D eigenvalue weighted by atomic mass is 9.99. The van der Waals surface area contributed by atoms with Crippen molar-refractivity contribution < 1.29 is 24.6 Å². The normalized spacial score (nSPS) is 10.8. The zero-order chi connectivity index (χ0) is 14.0. The highest BCUT2D eigenvalue weighted by atomic mass is 16.4. The molecule has 0 aliphatic heterocycles. The van der Waals surface area contributed by atoms with Crippen LogP contribution in [0.5, 0.6) is 0 Å². The van der Waals surface area contributed by atoms with Crippen LogP contribution in [0.15, 0.2) is 12.2 Å². The van der Waals surface area contributed by atoms with Crippen molar-refractivity contribution in [1.29, 1.82) is 0 Å². The SMILES string of the molecule is C=C(C)C(=O)O.CCCCC(C(C)=O)C(=O)O. The number of unbranched alkanes of at least 4 members (excludes halogenated alkanes) is 1. The summed E-state index contributed by atoms with van der Waals surface area (Å²) in [6, 6.07) is 0. The summed E-state index contributed by atoms with van der Waals surface area (Å²) in [4.78, 5) is 30.7. The minimum absolute atomic E-state index is 0.176. The molecule has 1 atom stereocenters. The van der Waals surface area contributed by atoms with Gasteiger partial charge >= 0.3 is 11.9 Å². The average molecular weight is 244 g/mol. The molecule has 0 heterocycles. The van der Waals surface area contributed by atoms with Gasteiger partial charge in [0.1, 0.15) is 11.7 Å². The van der Waals surface area contributed by atoms with E-state index in [0.29, 0.717) is 6.42 Å². The van der Waals surface area contributed by atoms with E-state index in [9.17, 15) is 14.4 Å². The van der Waals surface area contributed by atoms with E-state index in [-0.39, 0.29) is 11.4 Å². The van der Waals surface area contributed by atoms with Crippen molar-refractivity contribution in [2.24, 2.45) is 5.92 Å². The third-order valence-corrected chi connectivity index (χ3v) is 2.00. The number of carbonyl (C=O) groups is 3. The van der Waals surface area contributed by atoms with Crippen LogP contribution in [0.4, 0.5) is 0 Å². The van der Waals surface area contributed by atoms with Crippen LogP contribution in [-0.4, -0.2) is 27.9 Å². The van der Waals surface area contributed by atoms with Crippen molar-refractivity contribution in [3.8, 4) is 0 Å². The van der Waals surface area contributed by atoms with Crippen LogP contribution >= 0.6 is 0 Å². The molecule has 2 N–H and O–H groups in total.